The van der Waals surface area contributed by atoms with Crippen molar-refractivity contribution in [2.24, 2.45) is 0 Å². The lowest BCUT2D eigenvalue weighted by Crippen LogP contribution is -2.19. The predicted molar refractivity (Wildman–Crippen MR) is 26.9 cm³/mol. The van der Waals surface area contributed by atoms with E-state index in [-0.39, 0.29) is 12.0 Å². The summed E-state index contributed by atoms with van der Waals surface area (Å²) in [6.45, 7) is 3.30. The maximum atomic E-state index is 10.5. The molecule has 8 heavy (non-hydrogen) atoms. The van der Waals surface area contributed by atoms with Crippen LogP contribution < -0.4 is 5.31 Å². The first-order valence-corrected chi connectivity index (χ1v) is 2.17. The summed E-state index contributed by atoms with van der Waals surface area (Å²) in [5.41, 5.74) is 0.204. The number of hydrogen-bond acceptors (Lipinski definition) is 2. The summed E-state index contributed by atoms with van der Waals surface area (Å²) in [6, 6.07) is 0. The van der Waals surface area contributed by atoms with Crippen molar-refractivity contribution in [3.63, 3.8) is 0 Å². The van der Waals surface area contributed by atoms with Crippen molar-refractivity contribution in [3.8, 4) is 0 Å². The molecule has 2 amide bonds. The quantitative estimate of drug-likeness (QED) is 0.342. The van der Waals surface area contributed by atoms with Crippen molar-refractivity contribution in [1.82, 2.24) is 5.31 Å². The van der Waals surface area contributed by atoms with Gasteiger partial charge in [0.1, 0.15) is 0 Å². The summed E-state index contributed by atoms with van der Waals surface area (Å²) in [6.07, 6.45) is 0.00231. The zero-order valence-corrected chi connectivity index (χ0v) is 4.18. The fourth-order valence-corrected chi connectivity index (χ4v) is 0.490. The van der Waals surface area contributed by atoms with Crippen LogP contribution in [0.3, 0.4) is 0 Å². The summed E-state index contributed by atoms with van der Waals surface area (Å²) in [4.78, 5) is 21.0. The molecule has 0 aromatic carbocycles. The minimum atomic E-state index is -0.583. The Kier molecular flexibility index (Phi) is 0.687. The van der Waals surface area contributed by atoms with Gasteiger partial charge < -0.3 is 0 Å². The number of imide groups is 1. The summed E-state index contributed by atoms with van der Waals surface area (Å²) in [7, 11) is 0. The molecule has 0 bridgehead atoms. The van der Waals surface area contributed by atoms with Crippen LogP contribution in [0.15, 0.2) is 12.2 Å². The molecular formula is C5H5NO2. The first kappa shape index (κ1) is 3.83. The van der Waals surface area contributed by atoms with Crippen molar-refractivity contribution < 1.29 is 11.0 Å². The maximum Gasteiger partial charge on any atom is 0.253 e. The van der Waals surface area contributed by atoms with E-state index in [0.717, 1.165) is 0 Å². The lowest BCUT2D eigenvalue weighted by molar-refractivity contribution is -0.124. The van der Waals surface area contributed by atoms with Crippen LogP contribution in [0.5, 0.6) is 0 Å². The van der Waals surface area contributed by atoms with Crippen LogP contribution in [0.4, 0.5) is 0 Å². The van der Waals surface area contributed by atoms with Crippen LogP contribution in [0.25, 0.3) is 0 Å². The average Bonchev–Trinajstić information content (AvgIpc) is 1.98. The highest BCUT2D eigenvalue weighted by Gasteiger charge is 2.20. The Bertz CT molecular complexity index is 199. The normalized spacial score (nSPS) is 22.2. The number of carbonyl (C=O) groups excluding carboxylic acids is 2. The van der Waals surface area contributed by atoms with E-state index in [9.17, 15) is 9.59 Å². The summed E-state index contributed by atoms with van der Waals surface area (Å²) >= 11 is 0. The molecule has 3 heteroatoms. The van der Waals surface area contributed by atoms with E-state index in [4.69, 9.17) is 1.41 Å². The fourth-order valence-electron chi connectivity index (χ4n) is 0.490. The molecule has 0 radical (unpaired) electrons. The Hall–Kier alpha value is -1.12. The molecule has 1 rings (SSSR count). The summed E-state index contributed by atoms with van der Waals surface area (Å²) in [5, 5.41) is 0.336. The molecule has 0 saturated carbocycles. The van der Waals surface area contributed by atoms with Crippen LogP contribution in [0.2, 0.25) is 1.41 Å². The Balaban J connectivity index is 2.90. The molecule has 1 aliphatic rings. The first-order valence-electron chi connectivity index (χ1n) is 2.61. The van der Waals surface area contributed by atoms with E-state index < -0.39 is 11.8 Å². The molecule has 1 aliphatic heterocycles. The molecule has 42 valence electrons. The van der Waals surface area contributed by atoms with Gasteiger partial charge in [-0.1, -0.05) is 6.58 Å². The van der Waals surface area contributed by atoms with Gasteiger partial charge in [-0.3, -0.25) is 14.9 Å². The molecule has 0 atom stereocenters. The van der Waals surface area contributed by atoms with Gasteiger partial charge in [-0.15, -0.1) is 0 Å². The standard InChI is InChI=1S/C5H5NO2/c1-3-2-4(7)6-5(3)8/h1-2H2,(H,6,7,8)/i/hD. The van der Waals surface area contributed by atoms with Gasteiger partial charge in [0, 0.05) is 5.57 Å². The van der Waals surface area contributed by atoms with Gasteiger partial charge in [0.15, 0.2) is 1.41 Å². The van der Waals surface area contributed by atoms with Crippen molar-refractivity contribution >= 4 is 11.8 Å². The van der Waals surface area contributed by atoms with E-state index >= 15 is 0 Å². The Morgan fingerprint density at radius 3 is 2.50 bits per heavy atom. The van der Waals surface area contributed by atoms with Gasteiger partial charge in [0.05, 0.1) is 6.42 Å². The Labute approximate surface area is 47.8 Å². The Morgan fingerprint density at radius 2 is 2.38 bits per heavy atom. The molecule has 0 aromatic heterocycles. The topological polar surface area (TPSA) is 46.2 Å². The van der Waals surface area contributed by atoms with Gasteiger partial charge in [-0.2, -0.15) is 0 Å². The molecule has 0 aromatic rings. The molecule has 1 saturated heterocycles. The number of amides is 2. The highest BCUT2D eigenvalue weighted by molar-refractivity contribution is 6.12. The lowest BCUT2D eigenvalue weighted by Gasteiger charge is -1.80. The van der Waals surface area contributed by atoms with E-state index in [1.165, 1.54) is 0 Å². The largest absolute Gasteiger partial charge is 0.292 e. The molecule has 0 spiro atoms. The number of hydrogen-bond donors (Lipinski definition) is 1. The smallest absolute Gasteiger partial charge is 0.253 e. The molecule has 1 fully saturated rings. The third kappa shape index (κ3) is 0.621. The third-order valence-electron chi connectivity index (χ3n) is 0.893. The van der Waals surface area contributed by atoms with Crippen molar-refractivity contribution in [1.29, 1.82) is 0 Å². The van der Waals surface area contributed by atoms with Gasteiger partial charge in [0.2, 0.25) is 5.91 Å². The number of rotatable bonds is 0. The monoisotopic (exact) mass is 112 g/mol. The highest BCUT2D eigenvalue weighted by Crippen LogP contribution is 2.03. The second-order valence-corrected chi connectivity index (χ2v) is 1.59. The van der Waals surface area contributed by atoms with Crippen molar-refractivity contribution in [2.45, 2.75) is 6.42 Å². The van der Waals surface area contributed by atoms with E-state index in [2.05, 4.69) is 6.58 Å². The molecule has 3 nitrogen and oxygen atoms in total. The maximum absolute atomic E-state index is 10.5. The van der Waals surface area contributed by atoms with Crippen LogP contribution in [0, 0.1) is 0 Å². The predicted octanol–water partition coefficient (Wildman–Crippen LogP) is -0.411. The van der Waals surface area contributed by atoms with E-state index in [1.807, 2.05) is 0 Å². The van der Waals surface area contributed by atoms with Gasteiger partial charge in [0.25, 0.3) is 5.91 Å². The molecule has 1 heterocycles. The van der Waals surface area contributed by atoms with Crippen molar-refractivity contribution in [3.05, 3.63) is 12.2 Å². The number of nitrogens with one attached hydrogen (secondary N) is 1. The molecule has 0 aliphatic carbocycles. The Morgan fingerprint density at radius 1 is 1.75 bits per heavy atom. The highest BCUT2D eigenvalue weighted by atomic mass is 16.2. The van der Waals surface area contributed by atoms with E-state index in [1.54, 1.807) is 0 Å². The van der Waals surface area contributed by atoms with Crippen LogP contribution in [-0.4, -0.2) is 11.8 Å². The summed E-state index contributed by atoms with van der Waals surface area (Å²) in [5.74, 6) is -1.08. The van der Waals surface area contributed by atoms with Crippen LogP contribution >= 0.6 is 0 Å². The lowest BCUT2D eigenvalue weighted by atomic mass is 10.3. The van der Waals surface area contributed by atoms with Gasteiger partial charge >= 0.3 is 0 Å². The minimum absolute atomic E-state index is 0.00231. The molecular weight excluding hydrogens is 106 g/mol. The SMILES string of the molecule is [2H]N1C(=O)CC(=C)C1=O. The zero-order chi connectivity index (χ0) is 7.02. The van der Waals surface area contributed by atoms with Gasteiger partial charge in [-0.05, 0) is 0 Å². The third-order valence-corrected chi connectivity index (χ3v) is 0.893. The van der Waals surface area contributed by atoms with E-state index in [0.29, 0.717) is 5.31 Å². The minimum Gasteiger partial charge on any atom is -0.292 e. The molecule has 1 N–H and O–H groups in total. The zero-order valence-electron chi connectivity index (χ0n) is 5.18. The van der Waals surface area contributed by atoms with Crippen LogP contribution in [-0.2, 0) is 9.59 Å². The van der Waals surface area contributed by atoms with Crippen molar-refractivity contribution in [2.75, 3.05) is 0 Å². The molecule has 0 unspecified atom stereocenters. The average molecular weight is 112 g/mol. The van der Waals surface area contributed by atoms with Gasteiger partial charge in [-0.25, -0.2) is 0 Å². The summed E-state index contributed by atoms with van der Waals surface area (Å²) < 4.78 is 6.75. The van der Waals surface area contributed by atoms with Crippen LogP contribution in [0.1, 0.15) is 6.42 Å². The second-order valence-electron chi connectivity index (χ2n) is 1.59. The number of carbonyl (C=O) groups is 2. The fraction of sp³-hybridized carbons (Fsp3) is 0.200. The first-order chi connectivity index (χ1) is 4.13. The second kappa shape index (κ2) is 1.43.